The lowest BCUT2D eigenvalue weighted by Crippen LogP contribution is -2.33. The van der Waals surface area contributed by atoms with Gasteiger partial charge in [-0.2, -0.15) is 0 Å². The topological polar surface area (TPSA) is 26.0 Å². The van der Waals surface area contributed by atoms with Crippen LogP contribution in [0.15, 0.2) is 24.3 Å². The van der Waals surface area contributed by atoms with Crippen LogP contribution < -0.4 is 5.73 Å². The van der Waals surface area contributed by atoms with Crippen molar-refractivity contribution in [2.24, 2.45) is 29.4 Å². The molecule has 0 radical (unpaired) electrons. The summed E-state index contributed by atoms with van der Waals surface area (Å²) in [6.45, 7) is 5.43. The van der Waals surface area contributed by atoms with Gasteiger partial charge in [0.1, 0.15) is 5.82 Å². The van der Waals surface area contributed by atoms with Crippen molar-refractivity contribution in [3.05, 3.63) is 35.6 Å². The normalized spacial score (nSPS) is 27.7. The van der Waals surface area contributed by atoms with E-state index < -0.39 is 0 Å². The zero-order valence-electron chi connectivity index (χ0n) is 12.1. The van der Waals surface area contributed by atoms with Gasteiger partial charge in [-0.15, -0.1) is 0 Å². The molecular weight excluding hydrogens is 237 g/mol. The first-order valence-corrected chi connectivity index (χ1v) is 7.54. The van der Waals surface area contributed by atoms with Crippen LogP contribution in [0.4, 0.5) is 4.39 Å². The molecule has 0 aromatic heterocycles. The minimum Gasteiger partial charge on any atom is -0.330 e. The standard InChI is InChI=1S/C17H26FN/c1-12(2)14-5-6-15(11-19)16(10-14)9-13-3-7-17(18)8-4-13/h3-4,7-8,12,14-16H,5-6,9-11,19H2,1-2H3. The molecule has 1 aliphatic rings. The fourth-order valence-corrected chi connectivity index (χ4v) is 3.45. The largest absolute Gasteiger partial charge is 0.330 e. The molecule has 0 bridgehead atoms. The molecule has 1 aliphatic carbocycles. The summed E-state index contributed by atoms with van der Waals surface area (Å²) in [5, 5.41) is 0. The van der Waals surface area contributed by atoms with Crippen molar-refractivity contribution in [2.75, 3.05) is 6.54 Å². The fraction of sp³-hybridized carbons (Fsp3) is 0.647. The number of nitrogens with two attached hydrogens (primary N) is 1. The Labute approximate surface area is 116 Å². The maximum Gasteiger partial charge on any atom is 0.123 e. The first-order chi connectivity index (χ1) is 9.10. The van der Waals surface area contributed by atoms with Crippen LogP contribution in [0, 0.1) is 29.5 Å². The predicted molar refractivity (Wildman–Crippen MR) is 78.3 cm³/mol. The van der Waals surface area contributed by atoms with E-state index in [1.807, 2.05) is 12.1 Å². The van der Waals surface area contributed by atoms with Crippen LogP contribution in [0.3, 0.4) is 0 Å². The van der Waals surface area contributed by atoms with Crippen LogP contribution in [0.5, 0.6) is 0 Å². The Balaban J connectivity index is 2.03. The lowest BCUT2D eigenvalue weighted by Gasteiger charge is -2.37. The van der Waals surface area contributed by atoms with Gasteiger partial charge in [0.2, 0.25) is 0 Å². The molecule has 1 nitrogen and oxygen atoms in total. The van der Waals surface area contributed by atoms with Crippen molar-refractivity contribution in [3.8, 4) is 0 Å². The molecule has 2 rings (SSSR count). The zero-order valence-corrected chi connectivity index (χ0v) is 12.1. The Bertz CT molecular complexity index is 385. The smallest absolute Gasteiger partial charge is 0.123 e. The molecule has 1 aromatic carbocycles. The first kappa shape index (κ1) is 14.5. The fourth-order valence-electron chi connectivity index (χ4n) is 3.45. The Hall–Kier alpha value is -0.890. The number of rotatable bonds is 4. The van der Waals surface area contributed by atoms with Crippen LogP contribution in [-0.4, -0.2) is 6.54 Å². The summed E-state index contributed by atoms with van der Waals surface area (Å²) < 4.78 is 13.0. The highest BCUT2D eigenvalue weighted by Gasteiger charge is 2.30. The Morgan fingerprint density at radius 3 is 2.42 bits per heavy atom. The van der Waals surface area contributed by atoms with Crippen LogP contribution in [0.2, 0.25) is 0 Å². The van der Waals surface area contributed by atoms with Gasteiger partial charge in [0, 0.05) is 0 Å². The summed E-state index contributed by atoms with van der Waals surface area (Å²) in [5.41, 5.74) is 7.18. The third kappa shape index (κ3) is 3.79. The molecule has 1 saturated carbocycles. The number of benzene rings is 1. The van der Waals surface area contributed by atoms with Crippen molar-refractivity contribution in [3.63, 3.8) is 0 Å². The highest BCUT2D eigenvalue weighted by atomic mass is 19.1. The van der Waals surface area contributed by atoms with E-state index in [2.05, 4.69) is 13.8 Å². The van der Waals surface area contributed by atoms with Gasteiger partial charge in [0.25, 0.3) is 0 Å². The van der Waals surface area contributed by atoms with Gasteiger partial charge in [0.05, 0.1) is 0 Å². The van der Waals surface area contributed by atoms with Gasteiger partial charge in [-0.25, -0.2) is 4.39 Å². The third-order valence-corrected chi connectivity index (χ3v) is 4.84. The number of hydrogen-bond donors (Lipinski definition) is 1. The molecule has 1 fully saturated rings. The van der Waals surface area contributed by atoms with Crippen LogP contribution in [0.1, 0.15) is 38.7 Å². The summed E-state index contributed by atoms with van der Waals surface area (Å²) in [7, 11) is 0. The van der Waals surface area contributed by atoms with Crippen molar-refractivity contribution in [2.45, 2.75) is 39.5 Å². The van der Waals surface area contributed by atoms with Gasteiger partial charge in [0.15, 0.2) is 0 Å². The molecule has 0 aliphatic heterocycles. The average Bonchev–Trinajstić information content (AvgIpc) is 2.41. The van der Waals surface area contributed by atoms with Crippen molar-refractivity contribution in [1.82, 2.24) is 0 Å². The predicted octanol–water partition coefficient (Wildman–Crippen LogP) is 4.02. The van der Waals surface area contributed by atoms with Gasteiger partial charge in [-0.05, 0) is 73.6 Å². The number of hydrogen-bond acceptors (Lipinski definition) is 1. The maximum absolute atomic E-state index is 13.0. The minimum absolute atomic E-state index is 0.150. The van der Waals surface area contributed by atoms with E-state index in [0.717, 1.165) is 24.8 Å². The van der Waals surface area contributed by atoms with Crippen molar-refractivity contribution in [1.29, 1.82) is 0 Å². The molecule has 2 N–H and O–H groups in total. The first-order valence-electron chi connectivity index (χ1n) is 7.54. The Morgan fingerprint density at radius 1 is 1.16 bits per heavy atom. The second kappa shape index (κ2) is 6.51. The molecule has 0 heterocycles. The van der Waals surface area contributed by atoms with Gasteiger partial charge >= 0.3 is 0 Å². The lowest BCUT2D eigenvalue weighted by atomic mass is 9.69. The van der Waals surface area contributed by atoms with Gasteiger partial charge in [-0.3, -0.25) is 0 Å². The Kier molecular flexibility index (Phi) is 4.98. The van der Waals surface area contributed by atoms with Crippen molar-refractivity contribution >= 4 is 0 Å². The second-order valence-corrected chi connectivity index (χ2v) is 6.40. The highest BCUT2D eigenvalue weighted by Crippen LogP contribution is 2.38. The lowest BCUT2D eigenvalue weighted by molar-refractivity contribution is 0.151. The molecule has 0 spiro atoms. The van der Waals surface area contributed by atoms with E-state index in [1.54, 1.807) is 12.1 Å². The molecule has 1 aromatic rings. The molecule has 19 heavy (non-hydrogen) atoms. The van der Waals surface area contributed by atoms with E-state index in [0.29, 0.717) is 11.8 Å². The van der Waals surface area contributed by atoms with Crippen LogP contribution >= 0.6 is 0 Å². The molecule has 3 unspecified atom stereocenters. The van der Waals surface area contributed by atoms with Gasteiger partial charge in [-0.1, -0.05) is 26.0 Å². The second-order valence-electron chi connectivity index (χ2n) is 6.40. The average molecular weight is 263 g/mol. The number of halogens is 1. The molecule has 0 amide bonds. The highest BCUT2D eigenvalue weighted by molar-refractivity contribution is 5.17. The summed E-state index contributed by atoms with van der Waals surface area (Å²) >= 11 is 0. The van der Waals surface area contributed by atoms with Crippen LogP contribution in [0.25, 0.3) is 0 Å². The van der Waals surface area contributed by atoms with E-state index in [1.165, 1.54) is 24.8 Å². The Morgan fingerprint density at radius 2 is 1.84 bits per heavy atom. The summed E-state index contributed by atoms with van der Waals surface area (Å²) in [4.78, 5) is 0. The van der Waals surface area contributed by atoms with Crippen LogP contribution in [-0.2, 0) is 6.42 Å². The quantitative estimate of drug-likeness (QED) is 0.872. The molecule has 2 heteroatoms. The van der Waals surface area contributed by atoms with E-state index in [9.17, 15) is 4.39 Å². The molecule has 3 atom stereocenters. The SMILES string of the molecule is CC(C)C1CCC(CN)C(Cc2ccc(F)cc2)C1. The monoisotopic (exact) mass is 263 g/mol. The maximum atomic E-state index is 13.0. The summed E-state index contributed by atoms with van der Waals surface area (Å²) in [5.74, 6) is 2.74. The third-order valence-electron chi connectivity index (χ3n) is 4.84. The molecule has 0 saturated heterocycles. The van der Waals surface area contributed by atoms with E-state index in [-0.39, 0.29) is 5.82 Å². The zero-order chi connectivity index (χ0) is 13.8. The van der Waals surface area contributed by atoms with Gasteiger partial charge < -0.3 is 5.73 Å². The summed E-state index contributed by atoms with van der Waals surface area (Å²) in [6.07, 6.45) is 4.90. The summed E-state index contributed by atoms with van der Waals surface area (Å²) in [6, 6.07) is 6.97. The van der Waals surface area contributed by atoms with E-state index >= 15 is 0 Å². The van der Waals surface area contributed by atoms with Crippen molar-refractivity contribution < 1.29 is 4.39 Å². The van der Waals surface area contributed by atoms with E-state index in [4.69, 9.17) is 5.73 Å². The molecule has 106 valence electrons. The minimum atomic E-state index is -0.150. The molecular formula is C17H26FN.